The molecule has 0 radical (unpaired) electrons. The molecule has 1 rings (SSSR count). The van der Waals surface area contributed by atoms with Crippen molar-refractivity contribution in [1.29, 1.82) is 0 Å². The third-order valence-electron chi connectivity index (χ3n) is 6.23. The highest BCUT2D eigenvalue weighted by molar-refractivity contribution is 5.93. The standard InChI is InChI=1S/C31H46N4O7/c1-8-9-14-23(41-30(39)35-32)15-12-19-33-28(37)27(31(4,5)6)34-26(36)16-11-10-13-21(2)20-22(3)24-17-18-25(40-7)29(38)42-24/h8-13,16,18-20,22-24,27H,14-15,17,32H2,1-7H3,(H,33,37)(H,34,36)(H,35,39)/b9-8-,13-10-,16-11-,19-12-,21-20+. The number of hydrogen-bond acceptors (Lipinski definition) is 8. The fourth-order valence-corrected chi connectivity index (χ4v) is 3.94. The van der Waals surface area contributed by atoms with Gasteiger partial charge >= 0.3 is 12.1 Å². The quantitative estimate of drug-likeness (QED) is 0.0452. The summed E-state index contributed by atoms with van der Waals surface area (Å²) in [5.41, 5.74) is 2.30. The molecule has 1 heterocycles. The molecule has 11 heteroatoms. The lowest BCUT2D eigenvalue weighted by molar-refractivity contribution is -0.151. The second-order valence-corrected chi connectivity index (χ2v) is 10.9. The van der Waals surface area contributed by atoms with Gasteiger partial charge in [-0.25, -0.2) is 15.4 Å². The zero-order valence-corrected chi connectivity index (χ0v) is 25.6. The highest BCUT2D eigenvalue weighted by Crippen LogP contribution is 2.23. The van der Waals surface area contributed by atoms with Crippen LogP contribution in [0.25, 0.3) is 0 Å². The molecule has 0 aliphatic carbocycles. The third-order valence-corrected chi connectivity index (χ3v) is 6.23. The normalized spacial score (nSPS) is 18.5. The Bertz CT molecular complexity index is 1110. The first-order chi connectivity index (χ1) is 19.8. The number of hydrogen-bond donors (Lipinski definition) is 4. The summed E-state index contributed by atoms with van der Waals surface area (Å²) in [5, 5.41) is 5.45. The van der Waals surface area contributed by atoms with Crippen molar-refractivity contribution in [2.45, 2.75) is 79.1 Å². The van der Waals surface area contributed by atoms with Crippen LogP contribution in [-0.2, 0) is 28.6 Å². The number of hydrazine groups is 1. The van der Waals surface area contributed by atoms with Gasteiger partial charge in [-0.3, -0.25) is 15.0 Å². The fourth-order valence-electron chi connectivity index (χ4n) is 3.94. The van der Waals surface area contributed by atoms with Crippen LogP contribution in [0, 0.1) is 11.3 Å². The Kier molecular flexibility index (Phi) is 15.7. The van der Waals surface area contributed by atoms with E-state index >= 15 is 0 Å². The summed E-state index contributed by atoms with van der Waals surface area (Å²) in [5.74, 6) is 4.02. The van der Waals surface area contributed by atoms with Gasteiger partial charge in [-0.1, -0.05) is 75.8 Å². The van der Waals surface area contributed by atoms with Crippen molar-refractivity contribution in [2.75, 3.05) is 7.11 Å². The number of cyclic esters (lactones) is 1. The topological polar surface area (TPSA) is 158 Å². The van der Waals surface area contributed by atoms with E-state index in [0.717, 1.165) is 5.57 Å². The summed E-state index contributed by atoms with van der Waals surface area (Å²) in [7, 11) is 1.44. The number of methoxy groups -OCH3 is 1. The lowest BCUT2D eigenvalue weighted by Gasteiger charge is -2.29. The Hall–Kier alpha value is -4.12. The summed E-state index contributed by atoms with van der Waals surface area (Å²) in [6.07, 6.45) is 17.0. The molecule has 5 N–H and O–H groups in total. The smallest absolute Gasteiger partial charge is 0.421 e. The van der Waals surface area contributed by atoms with Crippen molar-refractivity contribution in [2.24, 2.45) is 17.2 Å². The lowest BCUT2D eigenvalue weighted by Crippen LogP contribution is -2.52. The molecule has 0 saturated carbocycles. The van der Waals surface area contributed by atoms with Gasteiger partial charge in [0.05, 0.1) is 7.11 Å². The van der Waals surface area contributed by atoms with Gasteiger partial charge < -0.3 is 24.8 Å². The Morgan fingerprint density at radius 3 is 2.43 bits per heavy atom. The van der Waals surface area contributed by atoms with Crippen molar-refractivity contribution in [1.82, 2.24) is 16.1 Å². The van der Waals surface area contributed by atoms with Gasteiger partial charge in [0.25, 0.3) is 0 Å². The Balaban J connectivity index is 2.70. The summed E-state index contributed by atoms with van der Waals surface area (Å²) >= 11 is 0. The fraction of sp³-hybridized carbons (Fsp3) is 0.484. The molecule has 1 aliphatic rings. The molecular weight excluding hydrogens is 540 g/mol. The number of allylic oxidation sites excluding steroid dienone is 5. The van der Waals surface area contributed by atoms with Crippen LogP contribution < -0.4 is 21.9 Å². The molecule has 4 atom stereocenters. The number of nitrogens with one attached hydrogen (secondary N) is 3. The molecule has 0 aromatic rings. The SMILES string of the molecule is C/C=C\CC(C/C=C\NC(=O)C(NC(=O)\C=C/C=C\C(C)=C\C(C)C1CC=C(OC)C(=O)O1)C(C)(C)C)OC(=O)NN. The van der Waals surface area contributed by atoms with E-state index in [4.69, 9.17) is 20.1 Å². The first kappa shape index (κ1) is 35.9. The Morgan fingerprint density at radius 2 is 1.83 bits per heavy atom. The van der Waals surface area contributed by atoms with E-state index in [9.17, 15) is 19.2 Å². The van der Waals surface area contributed by atoms with Crippen LogP contribution in [0.1, 0.15) is 60.8 Å². The van der Waals surface area contributed by atoms with Gasteiger partial charge in [-0.05, 0) is 31.5 Å². The summed E-state index contributed by atoms with van der Waals surface area (Å²) in [4.78, 5) is 48.8. The molecule has 42 heavy (non-hydrogen) atoms. The number of esters is 1. The lowest BCUT2D eigenvalue weighted by atomic mass is 9.86. The highest BCUT2D eigenvalue weighted by Gasteiger charge is 2.32. The summed E-state index contributed by atoms with van der Waals surface area (Å²) in [6, 6.07) is -0.810. The van der Waals surface area contributed by atoms with Crippen LogP contribution in [0.4, 0.5) is 4.79 Å². The summed E-state index contributed by atoms with van der Waals surface area (Å²) in [6.45, 7) is 11.3. The average Bonchev–Trinajstić information content (AvgIpc) is 2.93. The molecule has 4 unspecified atom stereocenters. The van der Waals surface area contributed by atoms with E-state index < -0.39 is 35.5 Å². The maximum atomic E-state index is 12.9. The third kappa shape index (κ3) is 13.5. The second kappa shape index (κ2) is 18.3. The molecule has 232 valence electrons. The van der Waals surface area contributed by atoms with Crippen LogP contribution in [-0.4, -0.2) is 49.2 Å². The predicted octanol–water partition coefficient (Wildman–Crippen LogP) is 4.01. The molecule has 11 nitrogen and oxygen atoms in total. The average molecular weight is 587 g/mol. The Morgan fingerprint density at radius 1 is 1.17 bits per heavy atom. The number of ether oxygens (including phenoxy) is 3. The molecule has 3 amide bonds. The Labute approximate surface area is 248 Å². The van der Waals surface area contributed by atoms with E-state index in [1.807, 2.05) is 71.3 Å². The van der Waals surface area contributed by atoms with Gasteiger partial charge in [-0.2, -0.15) is 0 Å². The van der Waals surface area contributed by atoms with E-state index in [1.54, 1.807) is 24.3 Å². The first-order valence-electron chi connectivity index (χ1n) is 13.8. The van der Waals surface area contributed by atoms with Gasteiger partial charge in [0.15, 0.2) is 5.76 Å². The van der Waals surface area contributed by atoms with Crippen LogP contribution >= 0.6 is 0 Å². The maximum absolute atomic E-state index is 12.9. The van der Waals surface area contributed by atoms with Crippen LogP contribution in [0.15, 0.2) is 72.2 Å². The molecule has 0 spiro atoms. The van der Waals surface area contributed by atoms with Crippen molar-refractivity contribution in [3.63, 3.8) is 0 Å². The van der Waals surface area contributed by atoms with Crippen molar-refractivity contribution in [3.8, 4) is 0 Å². The second-order valence-electron chi connectivity index (χ2n) is 10.9. The van der Waals surface area contributed by atoms with Gasteiger partial charge in [0, 0.05) is 31.3 Å². The van der Waals surface area contributed by atoms with Crippen molar-refractivity contribution < 1.29 is 33.4 Å². The maximum Gasteiger partial charge on any atom is 0.421 e. The van der Waals surface area contributed by atoms with Crippen molar-refractivity contribution >= 4 is 23.9 Å². The highest BCUT2D eigenvalue weighted by atomic mass is 16.6. The van der Waals surface area contributed by atoms with Crippen LogP contribution in [0.5, 0.6) is 0 Å². The number of rotatable bonds is 14. The molecular formula is C31H46N4O7. The first-order valence-corrected chi connectivity index (χ1v) is 13.8. The number of amides is 3. The zero-order chi connectivity index (χ0) is 31.7. The van der Waals surface area contributed by atoms with Gasteiger partial charge in [0.1, 0.15) is 18.2 Å². The molecule has 0 fully saturated rings. The van der Waals surface area contributed by atoms with Crippen LogP contribution in [0.3, 0.4) is 0 Å². The minimum atomic E-state index is -0.810. The molecule has 0 aromatic carbocycles. The number of carbonyl (C=O) groups is 4. The van der Waals surface area contributed by atoms with E-state index in [2.05, 4.69) is 10.6 Å². The zero-order valence-electron chi connectivity index (χ0n) is 25.6. The largest absolute Gasteiger partial charge is 0.490 e. The van der Waals surface area contributed by atoms with E-state index in [1.165, 1.54) is 19.4 Å². The summed E-state index contributed by atoms with van der Waals surface area (Å²) < 4.78 is 15.6. The van der Waals surface area contributed by atoms with Crippen molar-refractivity contribution in [3.05, 3.63) is 72.2 Å². The molecule has 0 saturated heterocycles. The minimum absolute atomic E-state index is 0.0160. The predicted molar refractivity (Wildman–Crippen MR) is 161 cm³/mol. The monoisotopic (exact) mass is 586 g/mol. The molecule has 0 aromatic heterocycles. The van der Waals surface area contributed by atoms with E-state index in [-0.39, 0.29) is 23.7 Å². The minimum Gasteiger partial charge on any atom is -0.490 e. The molecule has 0 bridgehead atoms. The number of nitrogens with two attached hydrogens (primary N) is 1. The van der Waals surface area contributed by atoms with Gasteiger partial charge in [0.2, 0.25) is 11.8 Å². The molecule has 1 aliphatic heterocycles. The van der Waals surface area contributed by atoms with Crippen LogP contribution in [0.2, 0.25) is 0 Å². The van der Waals surface area contributed by atoms with Gasteiger partial charge in [-0.15, -0.1) is 0 Å². The number of carbonyl (C=O) groups excluding carboxylic acids is 4. The van der Waals surface area contributed by atoms with E-state index in [0.29, 0.717) is 19.3 Å².